The number of hydrogen-bond acceptors (Lipinski definition) is 0. The van der Waals surface area contributed by atoms with Crippen LogP contribution in [0, 0.1) is 0 Å². The summed E-state index contributed by atoms with van der Waals surface area (Å²) in [6, 6.07) is 124. The van der Waals surface area contributed by atoms with Gasteiger partial charge in [0, 0.05) is 0 Å². The highest BCUT2D eigenvalue weighted by atomic mass is 14.2. The Bertz CT molecular complexity index is 5340. The van der Waals surface area contributed by atoms with Crippen LogP contribution in [0.2, 0.25) is 0 Å². The lowest BCUT2D eigenvalue weighted by atomic mass is 9.83. The highest BCUT2D eigenvalue weighted by molar-refractivity contribution is 6.26. The molecule has 0 bridgehead atoms. The molecule has 400 valence electrons. The van der Waals surface area contributed by atoms with E-state index >= 15 is 0 Å². The van der Waals surface area contributed by atoms with E-state index in [-0.39, 0.29) is 0 Å². The van der Waals surface area contributed by atoms with Gasteiger partial charge in [-0.05, 0) is 188 Å². The molecule has 0 amide bonds. The molecule has 0 N–H and O–H groups in total. The van der Waals surface area contributed by atoms with Crippen LogP contribution in [0.15, 0.2) is 340 Å². The van der Waals surface area contributed by atoms with E-state index in [1.54, 1.807) is 0 Å². The highest BCUT2D eigenvalue weighted by Gasteiger charge is 2.21. The summed E-state index contributed by atoms with van der Waals surface area (Å²) in [4.78, 5) is 0. The second kappa shape index (κ2) is 21.5. The van der Waals surface area contributed by atoms with Crippen molar-refractivity contribution in [2.45, 2.75) is 0 Å². The van der Waals surface area contributed by atoms with Crippen LogP contribution in [0.3, 0.4) is 0 Å². The zero-order chi connectivity index (χ0) is 56.9. The maximum atomic E-state index is 2.39. The van der Waals surface area contributed by atoms with Crippen molar-refractivity contribution in [1.29, 1.82) is 0 Å². The molecule has 17 aromatic rings. The van der Waals surface area contributed by atoms with E-state index in [1.165, 1.54) is 164 Å². The van der Waals surface area contributed by atoms with E-state index < -0.39 is 0 Å². The van der Waals surface area contributed by atoms with Gasteiger partial charge in [-0.1, -0.05) is 315 Å². The molecular weight excluding hydrogens is 1030 g/mol. The van der Waals surface area contributed by atoms with Gasteiger partial charge in [-0.25, -0.2) is 0 Å². The van der Waals surface area contributed by atoms with Crippen LogP contribution in [-0.4, -0.2) is 0 Å². The smallest absolute Gasteiger partial charge is 0.00199 e. The molecule has 0 spiro atoms. The summed E-state index contributed by atoms with van der Waals surface area (Å²) in [6.45, 7) is 0. The molecule has 0 nitrogen and oxygen atoms in total. The first-order chi connectivity index (χ1) is 42.7. The zero-order valence-electron chi connectivity index (χ0n) is 47.3. The van der Waals surface area contributed by atoms with Crippen molar-refractivity contribution in [2.24, 2.45) is 0 Å². The van der Waals surface area contributed by atoms with Gasteiger partial charge in [0.1, 0.15) is 0 Å². The Balaban J connectivity index is 0.000000140. The first-order valence-electron chi connectivity index (χ1n) is 29.8. The van der Waals surface area contributed by atoms with Crippen LogP contribution in [-0.2, 0) is 0 Å². The van der Waals surface area contributed by atoms with Crippen LogP contribution < -0.4 is 0 Å². The van der Waals surface area contributed by atoms with Crippen LogP contribution in [0.25, 0.3) is 164 Å². The maximum absolute atomic E-state index is 2.39. The number of rotatable bonds is 7. The average molecular weight is 1090 g/mol. The fourth-order valence-electron chi connectivity index (χ4n) is 13.7. The summed E-state index contributed by atoms with van der Waals surface area (Å²) < 4.78 is 0. The lowest BCUT2D eigenvalue weighted by Crippen LogP contribution is -1.92. The van der Waals surface area contributed by atoms with Crippen molar-refractivity contribution in [1.82, 2.24) is 0 Å². The van der Waals surface area contributed by atoms with Crippen LogP contribution in [0.1, 0.15) is 0 Å². The predicted molar refractivity (Wildman–Crippen MR) is 371 cm³/mol. The molecule has 0 aromatic heterocycles. The van der Waals surface area contributed by atoms with E-state index in [0.29, 0.717) is 0 Å². The van der Waals surface area contributed by atoms with E-state index in [9.17, 15) is 0 Å². The number of benzene rings is 17. The minimum absolute atomic E-state index is 1.22. The number of hydrogen-bond donors (Lipinski definition) is 0. The summed E-state index contributed by atoms with van der Waals surface area (Å²) in [5.74, 6) is 0. The molecule has 0 atom stereocenters. The Kier molecular flexibility index (Phi) is 12.7. The Morgan fingerprint density at radius 2 is 0.465 bits per heavy atom. The monoisotopic (exact) mass is 1090 g/mol. The molecule has 0 saturated carbocycles. The minimum atomic E-state index is 1.22. The molecule has 0 saturated heterocycles. The van der Waals surface area contributed by atoms with Crippen molar-refractivity contribution in [2.75, 3.05) is 0 Å². The normalized spacial score (nSPS) is 11.5. The molecular formula is C86H56. The van der Waals surface area contributed by atoms with Crippen molar-refractivity contribution in [3.8, 4) is 77.9 Å². The van der Waals surface area contributed by atoms with Gasteiger partial charge in [-0.3, -0.25) is 0 Å². The minimum Gasteiger partial charge on any atom is -0.0622 e. The second-order valence-corrected chi connectivity index (χ2v) is 22.6. The largest absolute Gasteiger partial charge is 0.0622 e. The lowest BCUT2D eigenvalue weighted by Gasteiger charge is -2.20. The Morgan fingerprint density at radius 1 is 0.116 bits per heavy atom. The standard InChI is InChI=1S/C44H28.C42H28/c1-2-13-30-26-32(25-24-29(30)12-1)31-15-11-16-34(27-31)43-38-20-7-9-22-40(38)44(41-23-10-8-21-39(41)43)42-28-33-14-3-4-17-35(33)36-18-5-6-19-37(36)42;1-2-13-31(14-3-1)41-37-19-6-8-21-39(37)42(40-22-9-7-20-38(40)41)32-26-24-29(25-27-32)33-16-10-17-34(28-33)36-23-11-15-30-12-4-5-18-35(30)36/h1-28H;1-28H. The number of fused-ring (bicyclic) bond motifs is 9. The lowest BCUT2D eigenvalue weighted by molar-refractivity contribution is 1.60. The van der Waals surface area contributed by atoms with Crippen LogP contribution >= 0.6 is 0 Å². The van der Waals surface area contributed by atoms with Gasteiger partial charge in [0.15, 0.2) is 0 Å². The molecule has 0 unspecified atom stereocenters. The summed E-state index contributed by atoms with van der Waals surface area (Å²) in [6.07, 6.45) is 0. The average Bonchev–Trinajstić information content (AvgIpc) is 0.954. The summed E-state index contributed by atoms with van der Waals surface area (Å²) in [7, 11) is 0. The van der Waals surface area contributed by atoms with E-state index in [4.69, 9.17) is 0 Å². The first-order valence-corrected chi connectivity index (χ1v) is 29.8. The molecule has 0 aliphatic carbocycles. The van der Waals surface area contributed by atoms with E-state index in [2.05, 4.69) is 340 Å². The third-order valence-corrected chi connectivity index (χ3v) is 17.7. The summed E-state index contributed by atoms with van der Waals surface area (Å²) in [5.41, 5.74) is 17.6. The summed E-state index contributed by atoms with van der Waals surface area (Å²) >= 11 is 0. The van der Waals surface area contributed by atoms with Gasteiger partial charge in [-0.2, -0.15) is 0 Å². The molecule has 0 aliphatic heterocycles. The fraction of sp³-hybridized carbons (Fsp3) is 0. The van der Waals surface area contributed by atoms with Crippen molar-refractivity contribution in [3.05, 3.63) is 340 Å². The second-order valence-electron chi connectivity index (χ2n) is 22.6. The van der Waals surface area contributed by atoms with Gasteiger partial charge in [-0.15, -0.1) is 0 Å². The van der Waals surface area contributed by atoms with E-state index in [0.717, 1.165) is 0 Å². The molecule has 0 heteroatoms. The molecule has 17 rings (SSSR count). The Hall–Kier alpha value is -11.2. The van der Waals surface area contributed by atoms with Gasteiger partial charge in [0.2, 0.25) is 0 Å². The summed E-state index contributed by atoms with van der Waals surface area (Å²) in [5, 5.41) is 20.4. The quantitative estimate of drug-likeness (QED) is 0.110. The molecule has 0 aliphatic rings. The third kappa shape index (κ3) is 8.87. The SMILES string of the molecule is c1cc(-c2ccc3ccccc3c2)cc(-c2c3ccccc3c(-c3cc4ccccc4c4ccccc34)c3ccccc23)c1.c1ccc(-c2c3ccccc3c(-c3ccc(-c4cccc(-c5cccc6ccccc56)c4)cc3)c3ccccc23)cc1. The maximum Gasteiger partial charge on any atom is -0.00199 e. The molecule has 86 heavy (non-hydrogen) atoms. The molecule has 0 heterocycles. The molecule has 17 aromatic carbocycles. The molecule has 0 fully saturated rings. The third-order valence-electron chi connectivity index (χ3n) is 17.7. The first kappa shape index (κ1) is 50.5. The van der Waals surface area contributed by atoms with Gasteiger partial charge in [0.05, 0.1) is 0 Å². The van der Waals surface area contributed by atoms with Gasteiger partial charge >= 0.3 is 0 Å². The van der Waals surface area contributed by atoms with E-state index in [1.807, 2.05) is 0 Å². The van der Waals surface area contributed by atoms with Crippen molar-refractivity contribution in [3.63, 3.8) is 0 Å². The predicted octanol–water partition coefficient (Wildman–Crippen LogP) is 24.3. The Morgan fingerprint density at radius 3 is 1.07 bits per heavy atom. The van der Waals surface area contributed by atoms with Crippen molar-refractivity contribution >= 4 is 86.2 Å². The highest BCUT2D eigenvalue weighted by Crippen LogP contribution is 2.48. The fourth-order valence-corrected chi connectivity index (χ4v) is 13.7. The van der Waals surface area contributed by atoms with Gasteiger partial charge < -0.3 is 0 Å². The van der Waals surface area contributed by atoms with Crippen LogP contribution in [0.4, 0.5) is 0 Å². The van der Waals surface area contributed by atoms with Crippen molar-refractivity contribution < 1.29 is 0 Å². The van der Waals surface area contributed by atoms with Gasteiger partial charge in [0.25, 0.3) is 0 Å². The van der Waals surface area contributed by atoms with Crippen LogP contribution in [0.5, 0.6) is 0 Å². The zero-order valence-corrected chi connectivity index (χ0v) is 47.3. The topological polar surface area (TPSA) is 0 Å². The Labute approximate surface area is 500 Å². The molecule has 0 radical (unpaired) electrons.